The fourth-order valence-corrected chi connectivity index (χ4v) is 2.21. The zero-order chi connectivity index (χ0) is 12.8. The smallest absolute Gasteiger partial charge is 0.385 e. The van der Waals surface area contributed by atoms with Crippen LogP contribution in [0.1, 0.15) is 30.9 Å². The molecule has 0 spiro atoms. The molecule has 1 saturated carbocycles. The Kier molecular flexibility index (Phi) is 2.69. The number of halogens is 4. The fourth-order valence-electron chi connectivity index (χ4n) is 2.21. The third kappa shape index (κ3) is 1.92. The van der Waals surface area contributed by atoms with Crippen LogP contribution in [0.4, 0.5) is 17.6 Å². The third-order valence-corrected chi connectivity index (χ3v) is 3.34. The van der Waals surface area contributed by atoms with Crippen LogP contribution in [-0.2, 0) is 11.8 Å². The van der Waals surface area contributed by atoms with E-state index in [0.29, 0.717) is 18.9 Å². The number of aliphatic hydroxyl groups is 1. The lowest BCUT2D eigenvalue weighted by Gasteiger charge is -2.15. The second-order valence-electron chi connectivity index (χ2n) is 4.40. The van der Waals surface area contributed by atoms with Gasteiger partial charge in [-0.2, -0.15) is 13.2 Å². The minimum absolute atomic E-state index is 0.152. The Morgan fingerprint density at radius 1 is 1.41 bits per heavy atom. The second-order valence-corrected chi connectivity index (χ2v) is 4.40. The Morgan fingerprint density at radius 2 is 2.06 bits per heavy atom. The van der Waals surface area contributed by atoms with Gasteiger partial charge in [-0.25, -0.2) is 4.39 Å². The first-order chi connectivity index (χ1) is 7.80. The summed E-state index contributed by atoms with van der Waals surface area (Å²) >= 11 is 0. The van der Waals surface area contributed by atoms with Crippen molar-refractivity contribution >= 4 is 0 Å². The monoisotopic (exact) mass is 248 g/mol. The highest BCUT2D eigenvalue weighted by molar-refractivity contribution is 5.36. The van der Waals surface area contributed by atoms with Crippen LogP contribution in [0.15, 0.2) is 18.2 Å². The van der Waals surface area contributed by atoms with Crippen LogP contribution in [0.3, 0.4) is 0 Å². The van der Waals surface area contributed by atoms with Crippen LogP contribution >= 0.6 is 0 Å². The van der Waals surface area contributed by atoms with Crippen molar-refractivity contribution in [2.45, 2.75) is 31.5 Å². The molecular formula is C12H12F4O. The van der Waals surface area contributed by atoms with Gasteiger partial charge in [0.2, 0.25) is 0 Å². The highest BCUT2D eigenvalue weighted by Crippen LogP contribution is 2.55. The Morgan fingerprint density at radius 3 is 2.53 bits per heavy atom. The average molecular weight is 248 g/mol. The minimum atomic E-state index is -4.73. The van der Waals surface area contributed by atoms with E-state index in [0.717, 1.165) is 6.07 Å². The van der Waals surface area contributed by atoms with Crippen molar-refractivity contribution in [3.8, 4) is 0 Å². The second kappa shape index (κ2) is 3.70. The molecule has 1 aliphatic rings. The first-order valence-corrected chi connectivity index (χ1v) is 5.39. The molecule has 2 rings (SSSR count). The van der Waals surface area contributed by atoms with Crippen molar-refractivity contribution in [2.75, 3.05) is 0 Å². The standard InChI is InChI=1S/C12H12F4O/c1-2-7-6-11(7,17)8-4-3-5-9(10(8)13)12(14,15)16/h3-5,7,17H,2,6H2,1H3. The lowest BCUT2D eigenvalue weighted by Crippen LogP contribution is -2.16. The van der Waals surface area contributed by atoms with E-state index >= 15 is 0 Å². The maximum absolute atomic E-state index is 13.7. The summed E-state index contributed by atoms with van der Waals surface area (Å²) in [4.78, 5) is 0. The van der Waals surface area contributed by atoms with Gasteiger partial charge in [0.1, 0.15) is 5.82 Å². The molecule has 0 amide bonds. The van der Waals surface area contributed by atoms with Crippen molar-refractivity contribution in [2.24, 2.45) is 5.92 Å². The minimum Gasteiger partial charge on any atom is -0.385 e. The fraction of sp³-hybridized carbons (Fsp3) is 0.500. The van der Waals surface area contributed by atoms with Gasteiger partial charge in [0, 0.05) is 5.56 Å². The molecule has 0 heterocycles. The van der Waals surface area contributed by atoms with E-state index in [2.05, 4.69) is 0 Å². The summed E-state index contributed by atoms with van der Waals surface area (Å²) in [6.45, 7) is 1.81. The van der Waals surface area contributed by atoms with Crippen LogP contribution in [-0.4, -0.2) is 5.11 Å². The Hall–Kier alpha value is -1.10. The Bertz CT molecular complexity index is 441. The van der Waals surface area contributed by atoms with Crippen LogP contribution in [0.25, 0.3) is 0 Å². The summed E-state index contributed by atoms with van der Waals surface area (Å²) < 4.78 is 51.2. The number of alkyl halides is 3. The summed E-state index contributed by atoms with van der Waals surface area (Å²) in [6.07, 6.45) is -3.79. The zero-order valence-electron chi connectivity index (χ0n) is 9.18. The number of benzene rings is 1. The molecule has 1 fully saturated rings. The Balaban J connectivity index is 2.45. The highest BCUT2D eigenvalue weighted by Gasteiger charge is 2.55. The zero-order valence-corrected chi connectivity index (χ0v) is 9.18. The van der Waals surface area contributed by atoms with E-state index in [1.165, 1.54) is 6.07 Å². The van der Waals surface area contributed by atoms with Gasteiger partial charge in [0.15, 0.2) is 0 Å². The molecule has 1 nitrogen and oxygen atoms in total. The third-order valence-electron chi connectivity index (χ3n) is 3.34. The van der Waals surface area contributed by atoms with Crippen LogP contribution in [0, 0.1) is 11.7 Å². The van der Waals surface area contributed by atoms with Gasteiger partial charge in [-0.15, -0.1) is 0 Å². The normalized spacial score (nSPS) is 28.2. The van der Waals surface area contributed by atoms with Gasteiger partial charge in [0.25, 0.3) is 0 Å². The molecule has 1 aliphatic carbocycles. The van der Waals surface area contributed by atoms with Crippen molar-refractivity contribution in [3.63, 3.8) is 0 Å². The van der Waals surface area contributed by atoms with Crippen molar-refractivity contribution in [3.05, 3.63) is 35.1 Å². The summed E-state index contributed by atoms with van der Waals surface area (Å²) in [5.74, 6) is -1.50. The average Bonchev–Trinajstić information content (AvgIpc) is 2.89. The molecule has 0 aromatic heterocycles. The first kappa shape index (κ1) is 12.4. The SMILES string of the molecule is CCC1CC1(O)c1cccc(C(F)(F)F)c1F. The predicted octanol–water partition coefficient (Wildman–Crippen LogP) is 3.46. The lowest BCUT2D eigenvalue weighted by atomic mass is 10.0. The summed E-state index contributed by atoms with van der Waals surface area (Å²) in [7, 11) is 0. The van der Waals surface area contributed by atoms with Crippen molar-refractivity contribution < 1.29 is 22.7 Å². The summed E-state index contributed by atoms with van der Waals surface area (Å²) in [5.41, 5.74) is -2.97. The molecule has 1 N–H and O–H groups in total. The van der Waals surface area contributed by atoms with Gasteiger partial charge in [-0.1, -0.05) is 25.5 Å². The molecular weight excluding hydrogens is 236 g/mol. The van der Waals surface area contributed by atoms with Crippen LogP contribution in [0.2, 0.25) is 0 Å². The molecule has 2 unspecified atom stereocenters. The largest absolute Gasteiger partial charge is 0.419 e. The van der Waals surface area contributed by atoms with E-state index in [1.807, 2.05) is 6.92 Å². The van der Waals surface area contributed by atoms with E-state index in [9.17, 15) is 22.7 Å². The molecule has 0 radical (unpaired) electrons. The van der Waals surface area contributed by atoms with Crippen molar-refractivity contribution in [1.29, 1.82) is 0 Å². The number of hydrogen-bond donors (Lipinski definition) is 1. The highest BCUT2D eigenvalue weighted by atomic mass is 19.4. The van der Waals surface area contributed by atoms with Crippen LogP contribution < -0.4 is 0 Å². The lowest BCUT2D eigenvalue weighted by molar-refractivity contribution is -0.140. The molecule has 2 atom stereocenters. The van der Waals surface area contributed by atoms with Gasteiger partial charge in [-0.3, -0.25) is 0 Å². The Labute approximate surface area is 96.1 Å². The topological polar surface area (TPSA) is 20.2 Å². The molecule has 0 saturated heterocycles. The maximum atomic E-state index is 13.7. The van der Waals surface area contributed by atoms with Gasteiger partial charge in [0.05, 0.1) is 11.2 Å². The molecule has 0 bridgehead atoms. The van der Waals surface area contributed by atoms with E-state index in [4.69, 9.17) is 0 Å². The first-order valence-electron chi connectivity index (χ1n) is 5.39. The number of hydrogen-bond acceptors (Lipinski definition) is 1. The molecule has 5 heteroatoms. The maximum Gasteiger partial charge on any atom is 0.419 e. The van der Waals surface area contributed by atoms with E-state index in [-0.39, 0.29) is 11.5 Å². The summed E-state index contributed by atoms with van der Waals surface area (Å²) in [5, 5.41) is 10.0. The van der Waals surface area contributed by atoms with Crippen molar-refractivity contribution in [1.82, 2.24) is 0 Å². The molecule has 0 aliphatic heterocycles. The molecule has 94 valence electrons. The van der Waals surface area contributed by atoms with Gasteiger partial charge in [-0.05, 0) is 18.4 Å². The molecule has 1 aromatic carbocycles. The van der Waals surface area contributed by atoms with E-state index < -0.39 is 23.2 Å². The quantitative estimate of drug-likeness (QED) is 0.794. The van der Waals surface area contributed by atoms with Gasteiger partial charge < -0.3 is 5.11 Å². The van der Waals surface area contributed by atoms with Crippen LogP contribution in [0.5, 0.6) is 0 Å². The van der Waals surface area contributed by atoms with Gasteiger partial charge >= 0.3 is 6.18 Å². The summed E-state index contributed by atoms with van der Waals surface area (Å²) in [6, 6.07) is 3.04. The van der Waals surface area contributed by atoms with E-state index in [1.54, 1.807) is 0 Å². The number of rotatable bonds is 2. The predicted molar refractivity (Wildman–Crippen MR) is 53.7 cm³/mol. The molecule has 1 aromatic rings. The molecule has 17 heavy (non-hydrogen) atoms.